The first-order chi connectivity index (χ1) is 6.02. The van der Waals surface area contributed by atoms with Crippen LogP contribution in [0.25, 0.3) is 0 Å². The van der Waals surface area contributed by atoms with E-state index in [4.69, 9.17) is 0 Å². The van der Waals surface area contributed by atoms with E-state index in [9.17, 15) is 19.2 Å². The Bertz CT molecular complexity index is 271. The molecule has 2 aliphatic rings. The van der Waals surface area contributed by atoms with Gasteiger partial charge in [0.15, 0.2) is 0 Å². The molecular weight excluding hydrogens is 188 g/mol. The molecule has 0 radical (unpaired) electrons. The zero-order valence-electron chi connectivity index (χ0n) is 5.77. The minimum Gasteiger partial charge on any atom is -0.343 e. The van der Waals surface area contributed by atoms with E-state index in [1.54, 1.807) is 0 Å². The molecule has 0 aromatic heterocycles. The van der Waals surface area contributed by atoms with Gasteiger partial charge in [-0.15, -0.1) is 0 Å². The Morgan fingerprint density at radius 2 is 0.846 bits per heavy atom. The van der Waals surface area contributed by atoms with E-state index in [1.807, 2.05) is 0 Å². The number of hydrogen-bond donors (Lipinski definition) is 0. The zero-order valence-corrected chi connectivity index (χ0v) is 5.77. The van der Waals surface area contributed by atoms with Gasteiger partial charge in [0, 0.05) is 0 Å². The van der Waals surface area contributed by atoms with Crippen LogP contribution in [0.3, 0.4) is 0 Å². The van der Waals surface area contributed by atoms with Gasteiger partial charge in [0.2, 0.25) is 0 Å². The quantitative estimate of drug-likeness (QED) is 0.311. The topological polar surface area (TPSA) is 105 Å². The summed E-state index contributed by atoms with van der Waals surface area (Å²) in [5, 5.41) is 0. The molecule has 0 bridgehead atoms. The number of esters is 4. The third kappa shape index (κ3) is 0.916. The standard InChI is InChI=1S/C5O8/c6-1-2(7)11-5(10-1)12-3(8)4(9)13-5. The van der Waals surface area contributed by atoms with E-state index in [0.717, 1.165) is 0 Å². The highest BCUT2D eigenvalue weighted by molar-refractivity contribution is 6.33. The molecule has 0 aromatic rings. The third-order valence-corrected chi connectivity index (χ3v) is 1.20. The first-order valence-corrected chi connectivity index (χ1v) is 2.95. The van der Waals surface area contributed by atoms with Crippen LogP contribution in [0.15, 0.2) is 0 Å². The maximum Gasteiger partial charge on any atom is 0.621 e. The SMILES string of the molecule is O=C1OC2(OC1=O)OC(=O)C(=O)O2. The average Bonchev–Trinajstić information content (AvgIpc) is 2.39. The Labute approximate surface area is 69.3 Å². The number of rotatable bonds is 0. The largest absolute Gasteiger partial charge is 0.621 e. The zero-order chi connectivity index (χ0) is 9.64. The van der Waals surface area contributed by atoms with Crippen LogP contribution in [0.5, 0.6) is 0 Å². The predicted molar refractivity (Wildman–Crippen MR) is 27.1 cm³/mol. The minimum atomic E-state index is -2.62. The molecule has 0 atom stereocenters. The van der Waals surface area contributed by atoms with Crippen LogP contribution in [0.2, 0.25) is 0 Å². The monoisotopic (exact) mass is 188 g/mol. The summed E-state index contributed by atoms with van der Waals surface area (Å²) < 4.78 is 16.3. The molecule has 0 unspecified atom stereocenters. The number of carbonyl (C=O) groups is 4. The van der Waals surface area contributed by atoms with Crippen LogP contribution in [0.4, 0.5) is 0 Å². The third-order valence-electron chi connectivity index (χ3n) is 1.20. The maximum atomic E-state index is 10.5. The molecule has 8 nitrogen and oxygen atoms in total. The smallest absolute Gasteiger partial charge is 0.343 e. The van der Waals surface area contributed by atoms with Crippen LogP contribution < -0.4 is 0 Å². The minimum absolute atomic E-state index is 1.40. The number of carbonyl (C=O) groups excluding carboxylic acids is 4. The van der Waals surface area contributed by atoms with Crippen molar-refractivity contribution in [3.05, 3.63) is 0 Å². The molecule has 8 heteroatoms. The fourth-order valence-corrected chi connectivity index (χ4v) is 0.746. The van der Waals surface area contributed by atoms with Gasteiger partial charge in [-0.25, -0.2) is 19.2 Å². The number of ether oxygens (including phenoxy) is 4. The first kappa shape index (κ1) is 7.53. The maximum absolute atomic E-state index is 10.5. The van der Waals surface area contributed by atoms with Crippen molar-refractivity contribution in [2.45, 2.75) is 6.16 Å². The van der Waals surface area contributed by atoms with Gasteiger partial charge >= 0.3 is 30.0 Å². The van der Waals surface area contributed by atoms with Crippen LogP contribution in [-0.2, 0) is 38.1 Å². The van der Waals surface area contributed by atoms with E-state index >= 15 is 0 Å². The van der Waals surface area contributed by atoms with E-state index in [-0.39, 0.29) is 0 Å². The Morgan fingerprint density at radius 3 is 1.08 bits per heavy atom. The summed E-state index contributed by atoms with van der Waals surface area (Å²) in [6, 6.07) is 0. The second kappa shape index (κ2) is 1.97. The molecule has 2 rings (SSSR count). The van der Waals surface area contributed by atoms with Crippen molar-refractivity contribution in [1.29, 1.82) is 0 Å². The summed E-state index contributed by atoms with van der Waals surface area (Å²) in [6.45, 7) is 0. The molecule has 68 valence electrons. The molecule has 0 aromatic carbocycles. The van der Waals surface area contributed by atoms with Crippen molar-refractivity contribution in [2.75, 3.05) is 0 Å². The summed E-state index contributed by atoms with van der Waals surface area (Å²) in [7, 11) is 0. The highest BCUT2D eigenvalue weighted by Crippen LogP contribution is 2.29. The lowest BCUT2D eigenvalue weighted by atomic mass is 10.7. The Morgan fingerprint density at radius 1 is 0.615 bits per heavy atom. The van der Waals surface area contributed by atoms with Crippen molar-refractivity contribution >= 4 is 23.9 Å². The van der Waals surface area contributed by atoms with Crippen molar-refractivity contribution in [1.82, 2.24) is 0 Å². The average molecular weight is 188 g/mol. The first-order valence-electron chi connectivity index (χ1n) is 2.95. The van der Waals surface area contributed by atoms with Gasteiger partial charge < -0.3 is 18.9 Å². The lowest BCUT2D eigenvalue weighted by molar-refractivity contribution is -0.389. The lowest BCUT2D eigenvalue weighted by Gasteiger charge is -2.11. The van der Waals surface area contributed by atoms with E-state index in [0.29, 0.717) is 0 Å². The summed E-state index contributed by atoms with van der Waals surface area (Å²) in [4.78, 5) is 41.9. The molecule has 2 fully saturated rings. The molecule has 0 saturated carbocycles. The molecular formula is C5O8. The fourth-order valence-electron chi connectivity index (χ4n) is 0.746. The summed E-state index contributed by atoms with van der Waals surface area (Å²) in [5.74, 6) is -5.60. The molecule has 2 aliphatic heterocycles. The van der Waals surface area contributed by atoms with Gasteiger partial charge in [0.05, 0.1) is 0 Å². The van der Waals surface area contributed by atoms with E-state index in [1.165, 1.54) is 0 Å². The lowest BCUT2D eigenvalue weighted by Crippen LogP contribution is -2.32. The van der Waals surface area contributed by atoms with Crippen LogP contribution in [0, 0.1) is 0 Å². The predicted octanol–water partition coefficient (Wildman–Crippen LogP) is -2.20. The van der Waals surface area contributed by atoms with Gasteiger partial charge in [0.25, 0.3) is 0 Å². The fraction of sp³-hybridized carbons (Fsp3) is 0.200. The molecule has 0 aliphatic carbocycles. The van der Waals surface area contributed by atoms with Gasteiger partial charge in [-0.3, -0.25) is 0 Å². The molecule has 1 spiro atoms. The van der Waals surface area contributed by atoms with Gasteiger partial charge in [-0.2, -0.15) is 0 Å². The summed E-state index contributed by atoms with van der Waals surface area (Å²) in [6.07, 6.45) is -2.62. The molecule has 0 amide bonds. The van der Waals surface area contributed by atoms with Gasteiger partial charge in [0.1, 0.15) is 0 Å². The van der Waals surface area contributed by atoms with Crippen molar-refractivity contribution in [3.63, 3.8) is 0 Å². The Balaban J connectivity index is 2.27. The Hall–Kier alpha value is -2.12. The van der Waals surface area contributed by atoms with E-state index < -0.39 is 30.0 Å². The van der Waals surface area contributed by atoms with Crippen molar-refractivity contribution < 1.29 is 38.1 Å². The van der Waals surface area contributed by atoms with Crippen LogP contribution >= 0.6 is 0 Å². The highest BCUT2D eigenvalue weighted by atomic mass is 17.1. The molecule has 13 heavy (non-hydrogen) atoms. The Kier molecular flexibility index (Phi) is 1.14. The van der Waals surface area contributed by atoms with Crippen molar-refractivity contribution in [2.24, 2.45) is 0 Å². The van der Waals surface area contributed by atoms with Gasteiger partial charge in [-0.1, -0.05) is 0 Å². The molecule has 0 N–H and O–H groups in total. The normalized spacial score (nSPS) is 24.0. The second-order valence-corrected chi connectivity index (χ2v) is 2.06. The highest BCUT2D eigenvalue weighted by Gasteiger charge is 2.63. The second-order valence-electron chi connectivity index (χ2n) is 2.06. The van der Waals surface area contributed by atoms with E-state index in [2.05, 4.69) is 18.9 Å². The summed E-state index contributed by atoms with van der Waals surface area (Å²) >= 11 is 0. The summed E-state index contributed by atoms with van der Waals surface area (Å²) in [5.41, 5.74) is 0. The van der Waals surface area contributed by atoms with Crippen molar-refractivity contribution in [3.8, 4) is 0 Å². The molecule has 2 heterocycles. The van der Waals surface area contributed by atoms with Crippen LogP contribution in [0.1, 0.15) is 0 Å². The van der Waals surface area contributed by atoms with Crippen LogP contribution in [-0.4, -0.2) is 30.0 Å². The molecule has 2 saturated heterocycles. The van der Waals surface area contributed by atoms with Gasteiger partial charge in [-0.05, 0) is 0 Å². The number of hydrogen-bond acceptors (Lipinski definition) is 8.